The standard InChI is InChI=1S/C21H19N4O5P/c1-29-14-4-3-12-10-25(20(27)15(12)8-14)31-18(19(26)24-21(23)28)17-7-13-6-11(9-22)2-5-16(13)30-17/h2-9,18,22,31H,10H2,1H3,(H3,23,24,26,28). The van der Waals surface area contributed by atoms with Crippen LogP contribution in [0.25, 0.3) is 11.0 Å². The van der Waals surface area contributed by atoms with Gasteiger partial charge in [0.2, 0.25) is 5.91 Å². The number of furan rings is 1. The molecule has 1 aliphatic rings. The first kappa shape index (κ1) is 20.6. The van der Waals surface area contributed by atoms with Gasteiger partial charge in [-0.25, -0.2) is 4.79 Å². The summed E-state index contributed by atoms with van der Waals surface area (Å²) in [4.78, 5) is 37.0. The molecule has 1 aliphatic heterocycles. The molecule has 2 atom stereocenters. The largest absolute Gasteiger partial charge is 0.497 e. The highest BCUT2D eigenvalue weighted by Crippen LogP contribution is 2.44. The number of urea groups is 1. The van der Waals surface area contributed by atoms with Crippen molar-refractivity contribution in [1.82, 2.24) is 9.99 Å². The molecule has 2 aromatic carbocycles. The Hall–Kier alpha value is -3.71. The molecule has 1 aromatic heterocycles. The molecular formula is C21H19N4O5P. The van der Waals surface area contributed by atoms with Gasteiger partial charge in [0.15, 0.2) is 0 Å². The molecule has 9 nitrogen and oxygen atoms in total. The second-order valence-electron chi connectivity index (χ2n) is 6.92. The Balaban J connectivity index is 1.66. The van der Waals surface area contributed by atoms with E-state index < -0.39 is 17.6 Å². The van der Waals surface area contributed by atoms with Crippen molar-refractivity contribution < 1.29 is 23.5 Å². The number of rotatable bonds is 6. The maximum absolute atomic E-state index is 12.9. The summed E-state index contributed by atoms with van der Waals surface area (Å²) in [5.41, 5.74) is 6.77. The van der Waals surface area contributed by atoms with Gasteiger partial charge in [-0.3, -0.25) is 14.9 Å². The van der Waals surface area contributed by atoms with Crippen LogP contribution in [0.3, 0.4) is 0 Å². The molecule has 31 heavy (non-hydrogen) atoms. The molecule has 4 rings (SSSR count). The maximum atomic E-state index is 12.9. The monoisotopic (exact) mass is 438 g/mol. The van der Waals surface area contributed by atoms with Crippen LogP contribution in [0.5, 0.6) is 5.75 Å². The van der Waals surface area contributed by atoms with E-state index in [-0.39, 0.29) is 14.6 Å². The number of carbonyl (C=O) groups excluding carboxylic acids is 3. The number of imide groups is 1. The average molecular weight is 438 g/mol. The van der Waals surface area contributed by atoms with Crippen molar-refractivity contribution in [3.05, 3.63) is 64.9 Å². The van der Waals surface area contributed by atoms with Gasteiger partial charge >= 0.3 is 6.03 Å². The summed E-state index contributed by atoms with van der Waals surface area (Å²) in [5.74, 6) is -0.0139. The molecule has 4 N–H and O–H groups in total. The quantitative estimate of drug-likeness (QED) is 0.401. The van der Waals surface area contributed by atoms with Crippen molar-refractivity contribution in [2.24, 2.45) is 5.73 Å². The lowest BCUT2D eigenvalue weighted by molar-refractivity contribution is -0.119. The lowest BCUT2D eigenvalue weighted by atomic mass is 10.1. The summed E-state index contributed by atoms with van der Waals surface area (Å²) in [6, 6.07) is 11.1. The maximum Gasteiger partial charge on any atom is 0.318 e. The van der Waals surface area contributed by atoms with Crippen molar-refractivity contribution in [3.63, 3.8) is 0 Å². The molecule has 3 aromatic rings. The third-order valence-corrected chi connectivity index (χ3v) is 6.40. The molecule has 0 spiro atoms. The zero-order valence-electron chi connectivity index (χ0n) is 16.5. The Kier molecular flexibility index (Phi) is 5.44. The highest BCUT2D eigenvalue weighted by Gasteiger charge is 2.34. The van der Waals surface area contributed by atoms with Crippen LogP contribution in [-0.4, -0.2) is 35.8 Å². The minimum absolute atomic E-state index is 0.230. The van der Waals surface area contributed by atoms with Crippen LogP contribution >= 0.6 is 8.73 Å². The molecule has 0 fully saturated rings. The van der Waals surface area contributed by atoms with E-state index in [0.717, 1.165) is 5.56 Å². The van der Waals surface area contributed by atoms with Crippen molar-refractivity contribution in [1.29, 1.82) is 5.41 Å². The first-order chi connectivity index (χ1) is 14.9. The van der Waals surface area contributed by atoms with Crippen molar-refractivity contribution in [3.8, 4) is 5.75 Å². The lowest BCUT2D eigenvalue weighted by Gasteiger charge is -2.21. The summed E-state index contributed by atoms with van der Waals surface area (Å²) in [5, 5.41) is 10.2. The Morgan fingerprint density at radius 1 is 1.29 bits per heavy atom. The summed E-state index contributed by atoms with van der Waals surface area (Å²) in [6.07, 6.45) is 1.21. The molecular weight excluding hydrogens is 419 g/mol. The molecule has 10 heteroatoms. The number of hydrogen-bond acceptors (Lipinski definition) is 6. The molecule has 4 amide bonds. The third kappa shape index (κ3) is 4.00. The second kappa shape index (κ2) is 8.20. The van der Waals surface area contributed by atoms with E-state index >= 15 is 0 Å². The van der Waals surface area contributed by atoms with Crippen LogP contribution in [-0.2, 0) is 11.3 Å². The fraction of sp³-hybridized carbons (Fsp3) is 0.143. The van der Waals surface area contributed by atoms with Gasteiger partial charge in [0.1, 0.15) is 22.8 Å². The molecule has 0 aliphatic carbocycles. The zero-order valence-corrected chi connectivity index (χ0v) is 17.5. The highest BCUT2D eigenvalue weighted by molar-refractivity contribution is 7.38. The van der Waals surface area contributed by atoms with Gasteiger partial charge in [0.25, 0.3) is 5.91 Å². The number of hydrogen-bond donors (Lipinski definition) is 3. The number of nitrogens with two attached hydrogens (primary N) is 1. The van der Waals surface area contributed by atoms with E-state index in [1.807, 2.05) is 6.07 Å². The molecule has 0 saturated heterocycles. The summed E-state index contributed by atoms with van der Waals surface area (Å²) in [7, 11) is 1.20. The number of ether oxygens (including phenoxy) is 1. The lowest BCUT2D eigenvalue weighted by Crippen LogP contribution is -2.38. The predicted molar refractivity (Wildman–Crippen MR) is 116 cm³/mol. The molecule has 158 valence electrons. The zero-order chi connectivity index (χ0) is 22.1. The number of amides is 4. The van der Waals surface area contributed by atoms with Crippen LogP contribution in [0.15, 0.2) is 46.9 Å². The predicted octanol–water partition coefficient (Wildman–Crippen LogP) is 2.92. The van der Waals surface area contributed by atoms with Gasteiger partial charge in [-0.05, 0) is 47.5 Å². The van der Waals surface area contributed by atoms with Crippen LogP contribution in [0.4, 0.5) is 4.79 Å². The minimum Gasteiger partial charge on any atom is -0.497 e. The number of benzene rings is 2. The fourth-order valence-electron chi connectivity index (χ4n) is 3.43. The van der Waals surface area contributed by atoms with Gasteiger partial charge in [-0.15, -0.1) is 0 Å². The van der Waals surface area contributed by atoms with E-state index in [4.69, 9.17) is 20.3 Å². The summed E-state index contributed by atoms with van der Waals surface area (Å²) < 4.78 is 12.6. The van der Waals surface area contributed by atoms with E-state index in [1.54, 1.807) is 41.1 Å². The Bertz CT molecular complexity index is 1220. The Morgan fingerprint density at radius 3 is 2.81 bits per heavy atom. The van der Waals surface area contributed by atoms with Crippen molar-refractivity contribution in [2.45, 2.75) is 12.2 Å². The number of methoxy groups -OCH3 is 1. The molecule has 0 bridgehead atoms. The average Bonchev–Trinajstić information content (AvgIpc) is 3.31. The molecule has 0 radical (unpaired) electrons. The number of nitrogens with zero attached hydrogens (tertiary/aromatic N) is 1. The van der Waals surface area contributed by atoms with Gasteiger partial charge in [0.05, 0.1) is 13.7 Å². The van der Waals surface area contributed by atoms with Gasteiger partial charge in [-0.2, -0.15) is 0 Å². The van der Waals surface area contributed by atoms with E-state index in [0.29, 0.717) is 40.2 Å². The first-order valence-corrected chi connectivity index (χ1v) is 10.3. The van der Waals surface area contributed by atoms with Crippen molar-refractivity contribution >= 4 is 43.8 Å². The third-order valence-electron chi connectivity index (χ3n) is 4.93. The van der Waals surface area contributed by atoms with Gasteiger partial charge < -0.3 is 25.0 Å². The van der Waals surface area contributed by atoms with E-state index in [9.17, 15) is 14.4 Å². The van der Waals surface area contributed by atoms with Crippen molar-refractivity contribution in [2.75, 3.05) is 7.11 Å². The number of fused-ring (bicyclic) bond motifs is 2. The number of carbonyl (C=O) groups is 3. The van der Waals surface area contributed by atoms with Crippen LogP contribution in [0.2, 0.25) is 0 Å². The Labute approximate surface area is 178 Å². The van der Waals surface area contributed by atoms with Crippen LogP contribution in [0.1, 0.15) is 32.9 Å². The second-order valence-corrected chi connectivity index (χ2v) is 8.30. The summed E-state index contributed by atoms with van der Waals surface area (Å²) >= 11 is 0. The first-order valence-electron chi connectivity index (χ1n) is 9.29. The SMILES string of the molecule is COc1ccc2c(c1)C(=O)N(PC(C(=O)NC(N)=O)c1cc3cc(C=N)ccc3o1)C2. The molecule has 2 unspecified atom stereocenters. The minimum atomic E-state index is -0.984. The molecule has 0 saturated carbocycles. The van der Waals surface area contributed by atoms with Gasteiger partial charge in [0, 0.05) is 25.9 Å². The van der Waals surface area contributed by atoms with E-state index in [2.05, 4.69) is 5.32 Å². The number of primary amides is 1. The van der Waals surface area contributed by atoms with Gasteiger partial charge in [-0.1, -0.05) is 6.07 Å². The number of nitrogens with one attached hydrogen (secondary N) is 2. The van der Waals surface area contributed by atoms with Crippen LogP contribution < -0.4 is 15.8 Å². The fourth-order valence-corrected chi connectivity index (χ4v) is 4.70. The highest BCUT2D eigenvalue weighted by atomic mass is 31.1. The van der Waals surface area contributed by atoms with Crippen LogP contribution in [0, 0.1) is 5.41 Å². The normalized spacial score (nSPS) is 14.1. The Morgan fingerprint density at radius 2 is 2.10 bits per heavy atom. The topological polar surface area (TPSA) is 139 Å². The molecule has 2 heterocycles. The summed E-state index contributed by atoms with van der Waals surface area (Å²) in [6.45, 7) is 0.329. The van der Waals surface area contributed by atoms with E-state index in [1.165, 1.54) is 13.3 Å². The smallest absolute Gasteiger partial charge is 0.318 e.